The lowest BCUT2D eigenvalue weighted by molar-refractivity contribution is -0.115. The molecule has 0 aliphatic carbocycles. The lowest BCUT2D eigenvalue weighted by Crippen LogP contribution is -2.14. The van der Waals surface area contributed by atoms with Crippen LogP contribution in [-0.2, 0) is 11.8 Å². The predicted octanol–water partition coefficient (Wildman–Crippen LogP) is 1.30. The zero-order valence-electron chi connectivity index (χ0n) is 7.67. The first-order chi connectivity index (χ1) is 6.13. The predicted molar refractivity (Wildman–Crippen MR) is 51.9 cm³/mol. The number of anilines is 1. The fraction of sp³-hybridized carbons (Fsp3) is 0.500. The second-order valence-electron chi connectivity index (χ2n) is 2.78. The summed E-state index contributed by atoms with van der Waals surface area (Å²) in [4.78, 5) is 11.1. The van der Waals surface area contributed by atoms with Crippen molar-refractivity contribution in [2.24, 2.45) is 7.05 Å². The van der Waals surface area contributed by atoms with Crippen LogP contribution in [0.2, 0.25) is 0 Å². The first-order valence-corrected chi connectivity index (χ1v) is 4.53. The van der Waals surface area contributed by atoms with E-state index in [0.29, 0.717) is 18.1 Å². The maximum Gasteiger partial charge on any atom is 0.226 e. The molecule has 4 nitrogen and oxygen atoms in total. The summed E-state index contributed by atoms with van der Waals surface area (Å²) in [5.41, 5.74) is 0.878. The monoisotopic (exact) mass is 201 g/mol. The van der Waals surface area contributed by atoms with Crippen molar-refractivity contribution in [1.29, 1.82) is 0 Å². The summed E-state index contributed by atoms with van der Waals surface area (Å²) in [6.45, 7) is 1.87. The molecule has 1 aromatic rings. The Kier molecular flexibility index (Phi) is 3.31. The molecule has 0 radical (unpaired) electrons. The highest BCUT2D eigenvalue weighted by molar-refractivity contribution is 6.19. The van der Waals surface area contributed by atoms with Gasteiger partial charge in [-0.2, -0.15) is 5.10 Å². The van der Waals surface area contributed by atoms with Gasteiger partial charge in [0.15, 0.2) is 0 Å². The van der Waals surface area contributed by atoms with Crippen molar-refractivity contribution >= 4 is 23.3 Å². The molecular weight excluding hydrogens is 190 g/mol. The van der Waals surface area contributed by atoms with E-state index in [1.54, 1.807) is 11.7 Å². The summed E-state index contributed by atoms with van der Waals surface area (Å²) >= 11 is 5.42. The van der Waals surface area contributed by atoms with Crippen molar-refractivity contribution in [2.75, 3.05) is 11.2 Å². The molecule has 1 heterocycles. The minimum Gasteiger partial charge on any atom is -0.311 e. The zero-order chi connectivity index (χ0) is 9.84. The van der Waals surface area contributed by atoms with Gasteiger partial charge in [0, 0.05) is 25.4 Å². The molecular formula is C8H12ClN3O. The van der Waals surface area contributed by atoms with Crippen molar-refractivity contribution in [3.8, 4) is 0 Å². The van der Waals surface area contributed by atoms with Crippen molar-refractivity contribution in [1.82, 2.24) is 9.78 Å². The molecule has 72 valence electrons. The fourth-order valence-electron chi connectivity index (χ4n) is 1.02. The van der Waals surface area contributed by atoms with Crippen LogP contribution in [0.5, 0.6) is 0 Å². The number of carbonyl (C=O) groups is 1. The highest BCUT2D eigenvalue weighted by atomic mass is 35.5. The van der Waals surface area contributed by atoms with Gasteiger partial charge in [0.2, 0.25) is 5.91 Å². The van der Waals surface area contributed by atoms with Crippen LogP contribution in [0.3, 0.4) is 0 Å². The summed E-state index contributed by atoms with van der Waals surface area (Å²) in [7, 11) is 1.78. The van der Waals surface area contributed by atoms with Gasteiger partial charge in [0.05, 0.1) is 5.69 Å². The average Bonchev–Trinajstić information content (AvgIpc) is 2.30. The lowest BCUT2D eigenvalue weighted by Gasteiger charge is -2.02. The standard InChI is InChI=1S/C8H12ClN3O/c1-6-5-7(12(2)11-6)10-8(13)3-4-9/h5H,3-4H2,1-2H3,(H,10,13). The molecule has 0 fully saturated rings. The minimum atomic E-state index is -0.0852. The van der Waals surface area contributed by atoms with Gasteiger partial charge >= 0.3 is 0 Å². The Balaban J connectivity index is 2.63. The van der Waals surface area contributed by atoms with E-state index >= 15 is 0 Å². The van der Waals surface area contributed by atoms with Crippen LogP contribution in [0.15, 0.2) is 6.07 Å². The third kappa shape index (κ3) is 2.73. The highest BCUT2D eigenvalue weighted by Gasteiger charge is 2.05. The van der Waals surface area contributed by atoms with Crippen molar-refractivity contribution in [3.05, 3.63) is 11.8 Å². The molecule has 0 aliphatic heterocycles. The normalized spacial score (nSPS) is 10.1. The number of halogens is 1. The number of carbonyl (C=O) groups excluding carboxylic acids is 1. The maximum atomic E-state index is 11.1. The molecule has 1 aromatic heterocycles. The minimum absolute atomic E-state index is 0.0852. The summed E-state index contributed by atoms with van der Waals surface area (Å²) < 4.78 is 1.63. The Morgan fingerprint density at radius 1 is 1.77 bits per heavy atom. The topological polar surface area (TPSA) is 46.9 Å². The lowest BCUT2D eigenvalue weighted by atomic mass is 10.4. The van der Waals surface area contributed by atoms with Gasteiger partial charge in [-0.3, -0.25) is 9.48 Å². The van der Waals surface area contributed by atoms with Crippen molar-refractivity contribution < 1.29 is 4.79 Å². The summed E-state index contributed by atoms with van der Waals surface area (Å²) in [6.07, 6.45) is 0.325. The average molecular weight is 202 g/mol. The second-order valence-corrected chi connectivity index (χ2v) is 3.16. The van der Waals surface area contributed by atoms with E-state index in [1.165, 1.54) is 0 Å². The molecule has 0 aromatic carbocycles. The fourth-order valence-corrected chi connectivity index (χ4v) is 1.19. The van der Waals surface area contributed by atoms with Gasteiger partial charge in [-0.1, -0.05) is 0 Å². The molecule has 0 aliphatic rings. The summed E-state index contributed by atoms with van der Waals surface area (Å²) in [5.74, 6) is 0.952. The Morgan fingerprint density at radius 3 is 2.92 bits per heavy atom. The molecule has 0 bridgehead atoms. The van der Waals surface area contributed by atoms with Crippen LogP contribution < -0.4 is 5.32 Å². The van der Waals surface area contributed by atoms with E-state index in [2.05, 4.69) is 10.4 Å². The number of hydrogen-bond donors (Lipinski definition) is 1. The Morgan fingerprint density at radius 2 is 2.46 bits per heavy atom. The number of aryl methyl sites for hydroxylation is 2. The van der Waals surface area contributed by atoms with Gasteiger partial charge in [0.25, 0.3) is 0 Å². The van der Waals surface area contributed by atoms with E-state index in [0.717, 1.165) is 5.69 Å². The first-order valence-electron chi connectivity index (χ1n) is 4.00. The molecule has 0 spiro atoms. The largest absolute Gasteiger partial charge is 0.311 e. The number of alkyl halides is 1. The van der Waals surface area contributed by atoms with Gasteiger partial charge in [0.1, 0.15) is 5.82 Å². The van der Waals surface area contributed by atoms with Crippen LogP contribution in [0.4, 0.5) is 5.82 Å². The van der Waals surface area contributed by atoms with E-state index < -0.39 is 0 Å². The molecule has 1 amide bonds. The van der Waals surface area contributed by atoms with Crippen molar-refractivity contribution in [2.45, 2.75) is 13.3 Å². The molecule has 0 saturated heterocycles. The number of hydrogen-bond acceptors (Lipinski definition) is 2. The Bertz CT molecular complexity index is 308. The van der Waals surface area contributed by atoms with Gasteiger partial charge in [-0.15, -0.1) is 11.6 Å². The van der Waals surface area contributed by atoms with Crippen LogP contribution in [0.1, 0.15) is 12.1 Å². The number of rotatable bonds is 3. The molecule has 1 N–H and O–H groups in total. The van der Waals surface area contributed by atoms with Gasteiger partial charge in [-0.05, 0) is 6.92 Å². The van der Waals surface area contributed by atoms with E-state index in [9.17, 15) is 4.79 Å². The molecule has 1 rings (SSSR count). The smallest absolute Gasteiger partial charge is 0.226 e. The van der Waals surface area contributed by atoms with Crippen molar-refractivity contribution in [3.63, 3.8) is 0 Å². The van der Waals surface area contributed by atoms with E-state index in [4.69, 9.17) is 11.6 Å². The first kappa shape index (κ1) is 10.1. The number of aromatic nitrogens is 2. The number of nitrogens with one attached hydrogen (secondary N) is 1. The maximum absolute atomic E-state index is 11.1. The quantitative estimate of drug-likeness (QED) is 0.750. The van der Waals surface area contributed by atoms with Crippen LogP contribution in [0, 0.1) is 6.92 Å². The van der Waals surface area contributed by atoms with Gasteiger partial charge < -0.3 is 5.32 Å². The molecule has 0 atom stereocenters. The molecule has 13 heavy (non-hydrogen) atoms. The Hall–Kier alpha value is -1.03. The third-order valence-corrected chi connectivity index (χ3v) is 1.78. The molecule has 5 heteroatoms. The summed E-state index contributed by atoms with van der Waals surface area (Å²) in [5, 5.41) is 6.80. The van der Waals surface area contributed by atoms with Crippen LogP contribution >= 0.6 is 11.6 Å². The van der Waals surface area contributed by atoms with E-state index in [-0.39, 0.29) is 5.91 Å². The number of nitrogens with zero attached hydrogens (tertiary/aromatic N) is 2. The van der Waals surface area contributed by atoms with E-state index in [1.807, 2.05) is 13.0 Å². The third-order valence-electron chi connectivity index (χ3n) is 1.59. The van der Waals surface area contributed by atoms with Crippen LogP contribution in [-0.4, -0.2) is 21.6 Å². The molecule has 0 unspecified atom stereocenters. The Labute approximate surface area is 81.9 Å². The second kappa shape index (κ2) is 4.28. The number of amides is 1. The zero-order valence-corrected chi connectivity index (χ0v) is 8.43. The van der Waals surface area contributed by atoms with Gasteiger partial charge in [-0.25, -0.2) is 0 Å². The summed E-state index contributed by atoms with van der Waals surface area (Å²) in [6, 6.07) is 1.81. The highest BCUT2D eigenvalue weighted by Crippen LogP contribution is 2.08. The van der Waals surface area contributed by atoms with Crippen LogP contribution in [0.25, 0.3) is 0 Å². The SMILES string of the molecule is Cc1cc(NC(=O)CCCl)n(C)n1. The molecule has 0 saturated carbocycles.